The van der Waals surface area contributed by atoms with Crippen molar-refractivity contribution in [1.82, 2.24) is 19.7 Å². The first kappa shape index (κ1) is 13.1. The number of hydrogen-bond acceptors (Lipinski definition) is 4. The van der Waals surface area contributed by atoms with Gasteiger partial charge >= 0.3 is 0 Å². The third-order valence-electron chi connectivity index (χ3n) is 3.13. The van der Waals surface area contributed by atoms with Crippen LogP contribution in [0.15, 0.2) is 36.9 Å². The average Bonchev–Trinajstić information content (AvgIpc) is 2.90. The van der Waals surface area contributed by atoms with Crippen LogP contribution in [0.25, 0.3) is 0 Å². The number of likely N-dealkylation sites (N-methyl/N-ethyl adjacent to an activating group) is 1. The quantitative estimate of drug-likeness (QED) is 0.896. The molecule has 100 valence electrons. The molecule has 0 spiro atoms. The summed E-state index contributed by atoms with van der Waals surface area (Å²) in [5, 5.41) is 13.7. The fraction of sp³-hybridized carbons (Fsp3) is 0.308. The predicted molar refractivity (Wildman–Crippen MR) is 69.3 cm³/mol. The summed E-state index contributed by atoms with van der Waals surface area (Å²) in [7, 11) is 1.70. The standard InChI is InChI=1S/C13H16N4O2/c1-10(11-5-3-4-6-12(11)18)16(2)13(19)7-17-9-14-8-15-17/h3-6,8-10,18H,7H2,1-2H3. The molecule has 19 heavy (non-hydrogen) atoms. The maximum Gasteiger partial charge on any atom is 0.244 e. The van der Waals surface area contributed by atoms with Crippen LogP contribution in [0.2, 0.25) is 0 Å². The fourth-order valence-corrected chi connectivity index (χ4v) is 1.83. The molecule has 1 N–H and O–H groups in total. The molecular weight excluding hydrogens is 244 g/mol. The minimum Gasteiger partial charge on any atom is -0.508 e. The van der Waals surface area contributed by atoms with Crippen LogP contribution in [0.3, 0.4) is 0 Å². The Hall–Kier alpha value is -2.37. The van der Waals surface area contributed by atoms with E-state index in [1.807, 2.05) is 13.0 Å². The zero-order chi connectivity index (χ0) is 13.8. The summed E-state index contributed by atoms with van der Waals surface area (Å²) in [6.45, 7) is 2.00. The number of aromatic nitrogens is 3. The minimum atomic E-state index is -0.211. The fourth-order valence-electron chi connectivity index (χ4n) is 1.83. The van der Waals surface area contributed by atoms with Crippen LogP contribution in [0, 0.1) is 0 Å². The molecule has 2 aromatic rings. The number of para-hydroxylation sites is 1. The number of benzene rings is 1. The summed E-state index contributed by atoms with van der Waals surface area (Å²) in [4.78, 5) is 17.5. The van der Waals surface area contributed by atoms with Crippen LogP contribution < -0.4 is 0 Å². The number of rotatable bonds is 4. The molecule has 0 fully saturated rings. The van der Waals surface area contributed by atoms with Crippen LogP contribution >= 0.6 is 0 Å². The lowest BCUT2D eigenvalue weighted by Crippen LogP contribution is -2.32. The van der Waals surface area contributed by atoms with Gasteiger partial charge in [-0.25, -0.2) is 9.67 Å². The lowest BCUT2D eigenvalue weighted by Gasteiger charge is -2.25. The molecule has 0 aliphatic heterocycles. The van der Waals surface area contributed by atoms with E-state index < -0.39 is 0 Å². The molecule has 1 aromatic carbocycles. The molecular formula is C13H16N4O2. The van der Waals surface area contributed by atoms with E-state index in [4.69, 9.17) is 0 Å². The number of amides is 1. The van der Waals surface area contributed by atoms with Crippen molar-refractivity contribution in [1.29, 1.82) is 0 Å². The van der Waals surface area contributed by atoms with Crippen molar-refractivity contribution in [2.24, 2.45) is 0 Å². The molecule has 1 aromatic heterocycles. The molecule has 0 radical (unpaired) electrons. The Morgan fingerprint density at radius 1 is 1.47 bits per heavy atom. The molecule has 6 nitrogen and oxygen atoms in total. The summed E-state index contributed by atoms with van der Waals surface area (Å²) in [5.41, 5.74) is 0.719. The van der Waals surface area contributed by atoms with E-state index in [0.717, 1.165) is 5.56 Å². The van der Waals surface area contributed by atoms with Gasteiger partial charge in [0.1, 0.15) is 24.9 Å². The van der Waals surface area contributed by atoms with Gasteiger partial charge in [-0.15, -0.1) is 0 Å². The van der Waals surface area contributed by atoms with Gasteiger partial charge in [-0.05, 0) is 13.0 Å². The molecule has 0 saturated heterocycles. The predicted octanol–water partition coefficient (Wildman–Crippen LogP) is 1.20. The van der Waals surface area contributed by atoms with Crippen LogP contribution in [0.5, 0.6) is 5.75 Å². The molecule has 1 unspecified atom stereocenters. The van der Waals surface area contributed by atoms with Crippen LogP contribution in [-0.4, -0.2) is 37.7 Å². The first-order chi connectivity index (χ1) is 9.09. The van der Waals surface area contributed by atoms with E-state index in [1.165, 1.54) is 17.3 Å². The Morgan fingerprint density at radius 3 is 2.84 bits per heavy atom. The van der Waals surface area contributed by atoms with Crippen molar-refractivity contribution in [2.75, 3.05) is 7.05 Å². The second kappa shape index (κ2) is 5.51. The molecule has 1 amide bonds. The Kier molecular flexibility index (Phi) is 3.79. The van der Waals surface area contributed by atoms with E-state index in [0.29, 0.717) is 0 Å². The maximum absolute atomic E-state index is 12.1. The van der Waals surface area contributed by atoms with Gasteiger partial charge in [0.2, 0.25) is 5.91 Å². The van der Waals surface area contributed by atoms with Crippen molar-refractivity contribution in [3.63, 3.8) is 0 Å². The van der Waals surface area contributed by atoms with Gasteiger partial charge in [-0.2, -0.15) is 5.10 Å². The monoisotopic (exact) mass is 260 g/mol. The number of aromatic hydroxyl groups is 1. The number of carbonyl (C=O) groups excluding carboxylic acids is 1. The molecule has 6 heteroatoms. The largest absolute Gasteiger partial charge is 0.508 e. The average molecular weight is 260 g/mol. The maximum atomic E-state index is 12.1. The molecule has 2 rings (SSSR count). The van der Waals surface area contributed by atoms with Gasteiger partial charge in [-0.3, -0.25) is 4.79 Å². The first-order valence-electron chi connectivity index (χ1n) is 5.95. The van der Waals surface area contributed by atoms with Gasteiger partial charge in [0, 0.05) is 12.6 Å². The molecule has 0 aliphatic rings. The van der Waals surface area contributed by atoms with Gasteiger partial charge in [-0.1, -0.05) is 18.2 Å². The van der Waals surface area contributed by atoms with Crippen molar-refractivity contribution >= 4 is 5.91 Å². The molecule has 1 atom stereocenters. The minimum absolute atomic E-state index is 0.0961. The Bertz CT molecular complexity index is 554. The highest BCUT2D eigenvalue weighted by molar-refractivity contribution is 5.76. The molecule has 0 saturated carbocycles. The van der Waals surface area contributed by atoms with Gasteiger partial charge in [0.25, 0.3) is 0 Å². The summed E-state index contributed by atoms with van der Waals surface area (Å²) < 4.78 is 1.47. The van der Waals surface area contributed by atoms with Gasteiger partial charge in [0.05, 0.1) is 6.04 Å². The summed E-state index contributed by atoms with van der Waals surface area (Å²) in [6, 6.07) is 6.79. The molecule has 1 heterocycles. The SMILES string of the molecule is CC(c1ccccc1O)N(C)C(=O)Cn1cncn1. The van der Waals surface area contributed by atoms with Gasteiger partial charge in [0.15, 0.2) is 0 Å². The summed E-state index contributed by atoms with van der Waals surface area (Å²) in [5.74, 6) is 0.0941. The second-order valence-electron chi connectivity index (χ2n) is 4.33. The lowest BCUT2D eigenvalue weighted by atomic mass is 10.1. The first-order valence-corrected chi connectivity index (χ1v) is 5.95. The molecule has 0 bridgehead atoms. The highest BCUT2D eigenvalue weighted by Crippen LogP contribution is 2.27. The lowest BCUT2D eigenvalue weighted by molar-refractivity contribution is -0.132. The Balaban J connectivity index is 2.09. The number of carbonyl (C=O) groups is 1. The highest BCUT2D eigenvalue weighted by atomic mass is 16.3. The number of nitrogens with zero attached hydrogens (tertiary/aromatic N) is 4. The van der Waals surface area contributed by atoms with E-state index in [9.17, 15) is 9.90 Å². The van der Waals surface area contributed by atoms with E-state index in [1.54, 1.807) is 30.1 Å². The van der Waals surface area contributed by atoms with Crippen molar-refractivity contribution in [2.45, 2.75) is 19.5 Å². The van der Waals surface area contributed by atoms with Crippen molar-refractivity contribution < 1.29 is 9.90 Å². The van der Waals surface area contributed by atoms with E-state index >= 15 is 0 Å². The third-order valence-corrected chi connectivity index (χ3v) is 3.13. The van der Waals surface area contributed by atoms with Crippen LogP contribution in [0.4, 0.5) is 0 Å². The Labute approximate surface area is 111 Å². The normalized spacial score (nSPS) is 12.1. The Morgan fingerprint density at radius 2 is 2.21 bits per heavy atom. The van der Waals surface area contributed by atoms with Crippen LogP contribution in [0.1, 0.15) is 18.5 Å². The summed E-state index contributed by atoms with van der Waals surface area (Å²) >= 11 is 0. The van der Waals surface area contributed by atoms with E-state index in [-0.39, 0.29) is 24.2 Å². The second-order valence-corrected chi connectivity index (χ2v) is 4.33. The smallest absolute Gasteiger partial charge is 0.244 e. The highest BCUT2D eigenvalue weighted by Gasteiger charge is 2.19. The zero-order valence-corrected chi connectivity index (χ0v) is 10.9. The number of phenols is 1. The van der Waals surface area contributed by atoms with Gasteiger partial charge < -0.3 is 10.0 Å². The number of hydrogen-bond donors (Lipinski definition) is 1. The van der Waals surface area contributed by atoms with Crippen molar-refractivity contribution in [3.05, 3.63) is 42.5 Å². The van der Waals surface area contributed by atoms with Crippen LogP contribution in [-0.2, 0) is 11.3 Å². The van der Waals surface area contributed by atoms with Crippen molar-refractivity contribution in [3.8, 4) is 5.75 Å². The zero-order valence-electron chi connectivity index (χ0n) is 10.9. The van der Waals surface area contributed by atoms with E-state index in [2.05, 4.69) is 10.1 Å². The number of phenolic OH excluding ortho intramolecular Hbond substituents is 1. The summed E-state index contributed by atoms with van der Waals surface area (Å²) in [6.07, 6.45) is 2.89. The third kappa shape index (κ3) is 2.90. The topological polar surface area (TPSA) is 71.2 Å². The molecule has 0 aliphatic carbocycles.